The first-order chi connectivity index (χ1) is 12.0. The number of fused-ring (bicyclic) bond motifs is 3. The maximum atomic E-state index is 13.1. The number of hydrogen-bond acceptors (Lipinski definition) is 3. The molecule has 1 unspecified atom stereocenters. The van der Waals surface area contributed by atoms with Crippen molar-refractivity contribution in [2.45, 2.75) is 32.5 Å². The molecule has 0 spiro atoms. The van der Waals surface area contributed by atoms with E-state index in [2.05, 4.69) is 72.8 Å². The highest BCUT2D eigenvalue weighted by Gasteiger charge is 2.29. The van der Waals surface area contributed by atoms with Gasteiger partial charge >= 0.3 is 0 Å². The van der Waals surface area contributed by atoms with Crippen molar-refractivity contribution in [3.63, 3.8) is 0 Å². The third-order valence-corrected chi connectivity index (χ3v) is 5.26. The Morgan fingerprint density at radius 1 is 1.16 bits per heavy atom. The van der Waals surface area contributed by atoms with Crippen LogP contribution in [-0.4, -0.2) is 72.0 Å². The van der Waals surface area contributed by atoms with E-state index < -0.39 is 0 Å². The van der Waals surface area contributed by atoms with Crippen molar-refractivity contribution in [2.75, 3.05) is 40.8 Å². The number of likely N-dealkylation sites (N-methyl/N-ethyl adjacent to an activating group) is 2. The van der Waals surface area contributed by atoms with Crippen molar-refractivity contribution in [2.24, 2.45) is 0 Å². The molecule has 3 rings (SSSR count). The molecule has 0 saturated carbocycles. The van der Waals surface area contributed by atoms with Crippen LogP contribution in [0.3, 0.4) is 0 Å². The van der Waals surface area contributed by atoms with Gasteiger partial charge in [-0.2, -0.15) is 0 Å². The fourth-order valence-electron chi connectivity index (χ4n) is 3.75. The number of carbonyl (C=O) groups excluding carboxylic acids is 1. The molecule has 1 aliphatic rings. The largest absolute Gasteiger partial charge is 0.341 e. The van der Waals surface area contributed by atoms with Crippen LogP contribution in [0.4, 0.5) is 0 Å². The SMILES string of the molecule is CCC(C(=O)N1CCn2c(cc3ccccc32)C1)N(C)CCN(C)C. The van der Waals surface area contributed by atoms with Gasteiger partial charge in [0.25, 0.3) is 0 Å². The summed E-state index contributed by atoms with van der Waals surface area (Å²) in [5.41, 5.74) is 2.52. The van der Waals surface area contributed by atoms with E-state index in [1.165, 1.54) is 16.6 Å². The number of rotatable bonds is 6. The zero-order chi connectivity index (χ0) is 18.0. The number of nitrogens with zero attached hydrogens (tertiary/aromatic N) is 4. The molecule has 0 saturated heterocycles. The van der Waals surface area contributed by atoms with Gasteiger partial charge in [-0.3, -0.25) is 9.69 Å². The van der Waals surface area contributed by atoms with Crippen molar-refractivity contribution in [1.29, 1.82) is 0 Å². The van der Waals surface area contributed by atoms with Crippen LogP contribution < -0.4 is 0 Å². The molecule has 2 heterocycles. The lowest BCUT2D eigenvalue weighted by atomic mass is 10.1. The Labute approximate surface area is 150 Å². The summed E-state index contributed by atoms with van der Waals surface area (Å²) < 4.78 is 2.36. The fraction of sp³-hybridized carbons (Fsp3) is 0.550. The Morgan fingerprint density at radius 3 is 2.64 bits per heavy atom. The Balaban J connectivity index is 1.72. The molecule has 136 valence electrons. The molecule has 1 aliphatic heterocycles. The quantitative estimate of drug-likeness (QED) is 0.807. The van der Waals surface area contributed by atoms with Crippen LogP contribution >= 0.6 is 0 Å². The van der Waals surface area contributed by atoms with Crippen LogP contribution in [0.1, 0.15) is 19.0 Å². The van der Waals surface area contributed by atoms with E-state index in [1.54, 1.807) is 0 Å². The maximum absolute atomic E-state index is 13.1. The van der Waals surface area contributed by atoms with Gasteiger partial charge in [-0.05, 0) is 45.1 Å². The van der Waals surface area contributed by atoms with Crippen LogP contribution in [0, 0.1) is 0 Å². The number of carbonyl (C=O) groups is 1. The Bertz CT molecular complexity index is 736. The van der Waals surface area contributed by atoms with E-state index in [4.69, 9.17) is 0 Å². The normalized spacial score (nSPS) is 15.8. The zero-order valence-electron chi connectivity index (χ0n) is 15.9. The lowest BCUT2D eigenvalue weighted by Gasteiger charge is -2.35. The Morgan fingerprint density at radius 2 is 1.92 bits per heavy atom. The van der Waals surface area contributed by atoms with Gasteiger partial charge in [0.2, 0.25) is 5.91 Å². The summed E-state index contributed by atoms with van der Waals surface area (Å²) in [4.78, 5) is 19.5. The van der Waals surface area contributed by atoms with Crippen molar-refractivity contribution in [1.82, 2.24) is 19.3 Å². The molecule has 2 aromatic rings. The minimum Gasteiger partial charge on any atom is -0.341 e. The van der Waals surface area contributed by atoms with Crippen molar-refractivity contribution < 1.29 is 4.79 Å². The van der Waals surface area contributed by atoms with E-state index in [0.717, 1.165) is 32.6 Å². The first-order valence-electron chi connectivity index (χ1n) is 9.22. The van der Waals surface area contributed by atoms with Crippen molar-refractivity contribution >= 4 is 16.8 Å². The zero-order valence-corrected chi connectivity index (χ0v) is 15.9. The van der Waals surface area contributed by atoms with Gasteiger partial charge in [-0.25, -0.2) is 0 Å². The van der Waals surface area contributed by atoms with Gasteiger partial charge in [0, 0.05) is 37.4 Å². The van der Waals surface area contributed by atoms with E-state index in [1.807, 2.05) is 4.90 Å². The van der Waals surface area contributed by atoms with Crippen LogP contribution in [0.15, 0.2) is 30.3 Å². The van der Waals surface area contributed by atoms with Gasteiger partial charge in [0.1, 0.15) is 0 Å². The van der Waals surface area contributed by atoms with Gasteiger partial charge in [0.15, 0.2) is 0 Å². The molecule has 5 heteroatoms. The number of para-hydroxylation sites is 1. The Hall–Kier alpha value is -1.85. The average molecular weight is 342 g/mol. The highest BCUT2D eigenvalue weighted by atomic mass is 16.2. The Kier molecular flexibility index (Phi) is 5.45. The molecule has 5 nitrogen and oxygen atoms in total. The standard InChI is InChI=1S/C20H30N4O/c1-5-18(22(4)11-10-21(2)3)20(25)23-12-13-24-17(15-23)14-16-8-6-7-9-19(16)24/h6-9,14,18H,5,10-13,15H2,1-4H3. The molecule has 25 heavy (non-hydrogen) atoms. The third kappa shape index (κ3) is 3.72. The summed E-state index contributed by atoms with van der Waals surface area (Å²) in [5.74, 6) is 0.264. The number of benzene rings is 1. The monoisotopic (exact) mass is 342 g/mol. The molecular weight excluding hydrogens is 312 g/mol. The second kappa shape index (κ2) is 7.58. The van der Waals surface area contributed by atoms with Gasteiger partial charge in [-0.1, -0.05) is 25.1 Å². The topological polar surface area (TPSA) is 31.7 Å². The summed E-state index contributed by atoms with van der Waals surface area (Å²) in [6, 6.07) is 10.7. The van der Waals surface area contributed by atoms with E-state index >= 15 is 0 Å². The first-order valence-corrected chi connectivity index (χ1v) is 9.22. The molecule has 0 N–H and O–H groups in total. The smallest absolute Gasteiger partial charge is 0.240 e. The van der Waals surface area contributed by atoms with Gasteiger partial charge in [0.05, 0.1) is 12.6 Å². The molecule has 0 aliphatic carbocycles. The number of amides is 1. The molecule has 0 bridgehead atoms. The van der Waals surface area contributed by atoms with Crippen molar-refractivity contribution in [3.05, 3.63) is 36.0 Å². The lowest BCUT2D eigenvalue weighted by Crippen LogP contribution is -2.50. The van der Waals surface area contributed by atoms with Crippen LogP contribution in [0.2, 0.25) is 0 Å². The van der Waals surface area contributed by atoms with E-state index in [-0.39, 0.29) is 11.9 Å². The van der Waals surface area contributed by atoms with Crippen LogP contribution in [-0.2, 0) is 17.9 Å². The van der Waals surface area contributed by atoms with Crippen LogP contribution in [0.5, 0.6) is 0 Å². The van der Waals surface area contributed by atoms with Crippen LogP contribution in [0.25, 0.3) is 10.9 Å². The lowest BCUT2D eigenvalue weighted by molar-refractivity contribution is -0.138. The summed E-state index contributed by atoms with van der Waals surface area (Å²) >= 11 is 0. The number of aromatic nitrogens is 1. The summed E-state index contributed by atoms with van der Waals surface area (Å²) in [6.07, 6.45) is 0.849. The second-order valence-corrected chi connectivity index (χ2v) is 7.31. The van der Waals surface area contributed by atoms with Gasteiger partial charge in [-0.15, -0.1) is 0 Å². The minimum atomic E-state index is -0.0316. The minimum absolute atomic E-state index is 0.0316. The molecule has 1 aromatic carbocycles. The predicted molar refractivity (Wildman–Crippen MR) is 103 cm³/mol. The summed E-state index contributed by atoms with van der Waals surface area (Å²) in [7, 11) is 6.21. The number of hydrogen-bond donors (Lipinski definition) is 0. The highest BCUT2D eigenvalue weighted by molar-refractivity contribution is 5.84. The second-order valence-electron chi connectivity index (χ2n) is 7.31. The first kappa shape index (κ1) is 18.0. The molecule has 1 aromatic heterocycles. The summed E-state index contributed by atoms with van der Waals surface area (Å²) in [5, 5.41) is 1.27. The third-order valence-electron chi connectivity index (χ3n) is 5.26. The fourth-order valence-corrected chi connectivity index (χ4v) is 3.75. The average Bonchev–Trinajstić information content (AvgIpc) is 2.98. The molecule has 0 fully saturated rings. The van der Waals surface area contributed by atoms with E-state index in [9.17, 15) is 4.79 Å². The predicted octanol–water partition coefficient (Wildman–Crippen LogP) is 2.26. The highest BCUT2D eigenvalue weighted by Crippen LogP contribution is 2.24. The molecule has 0 radical (unpaired) electrons. The summed E-state index contributed by atoms with van der Waals surface area (Å²) in [6.45, 7) is 6.37. The van der Waals surface area contributed by atoms with E-state index in [0.29, 0.717) is 6.54 Å². The molecule has 1 amide bonds. The maximum Gasteiger partial charge on any atom is 0.240 e. The molecule has 1 atom stereocenters. The molecular formula is C20H30N4O. The van der Waals surface area contributed by atoms with Crippen molar-refractivity contribution in [3.8, 4) is 0 Å². The van der Waals surface area contributed by atoms with Gasteiger partial charge < -0.3 is 14.4 Å².